The number of carbonyl (C=O) groups excluding carboxylic acids is 1. The normalized spacial score (nSPS) is 11.1. The van der Waals surface area contributed by atoms with E-state index in [4.69, 9.17) is 39.8 Å². The topological polar surface area (TPSA) is 97.3 Å². The summed E-state index contributed by atoms with van der Waals surface area (Å²) in [5.41, 5.74) is 2.21. The van der Waals surface area contributed by atoms with Crippen molar-refractivity contribution in [3.05, 3.63) is 76.2 Å². The van der Waals surface area contributed by atoms with Gasteiger partial charge in [-0.25, -0.2) is 0 Å². The SMILES string of the molecule is CCc1nnc2sc(-c3cccc(NC(=S)NC(=O)c4ccc(-c5ccc(Cl)cc5Cl)o4)c3)nn12. The van der Waals surface area contributed by atoms with Crippen molar-refractivity contribution in [2.45, 2.75) is 13.3 Å². The molecule has 0 saturated heterocycles. The lowest BCUT2D eigenvalue weighted by molar-refractivity contribution is 0.0951. The van der Waals surface area contributed by atoms with E-state index in [0.29, 0.717) is 27.1 Å². The number of aryl methyl sites for hydroxylation is 1. The van der Waals surface area contributed by atoms with Crippen LogP contribution in [-0.4, -0.2) is 30.8 Å². The van der Waals surface area contributed by atoms with Gasteiger partial charge in [-0.15, -0.1) is 10.2 Å². The standard InChI is InChI=1S/C23H16Cl2N6O2S2/c1-2-19-28-29-23-31(19)30-21(35-23)12-4-3-5-14(10-12)26-22(34)27-20(32)18-9-8-17(33-18)15-7-6-13(24)11-16(15)25/h3-11H,2H2,1H3,(H2,26,27,32,34). The van der Waals surface area contributed by atoms with E-state index in [1.807, 2.05) is 31.2 Å². The smallest absolute Gasteiger partial charge is 0.293 e. The summed E-state index contributed by atoms with van der Waals surface area (Å²) in [5, 5.41) is 20.4. The van der Waals surface area contributed by atoms with E-state index in [1.165, 1.54) is 11.3 Å². The zero-order chi connectivity index (χ0) is 24.5. The maximum absolute atomic E-state index is 12.6. The van der Waals surface area contributed by atoms with Gasteiger partial charge in [0.1, 0.15) is 10.8 Å². The third-order valence-electron chi connectivity index (χ3n) is 4.99. The van der Waals surface area contributed by atoms with E-state index in [-0.39, 0.29) is 10.9 Å². The fourth-order valence-electron chi connectivity index (χ4n) is 3.35. The molecule has 0 saturated carbocycles. The molecule has 176 valence electrons. The fraction of sp³-hybridized carbons (Fsp3) is 0.0870. The van der Waals surface area contributed by atoms with Gasteiger partial charge in [0.05, 0.1) is 5.02 Å². The number of anilines is 1. The van der Waals surface area contributed by atoms with Crippen LogP contribution in [0.1, 0.15) is 23.3 Å². The van der Waals surface area contributed by atoms with Crippen molar-refractivity contribution in [2.24, 2.45) is 0 Å². The number of hydrogen-bond acceptors (Lipinski definition) is 7. The molecule has 3 aromatic heterocycles. The van der Waals surface area contributed by atoms with Crippen molar-refractivity contribution in [1.29, 1.82) is 0 Å². The molecule has 0 radical (unpaired) electrons. The van der Waals surface area contributed by atoms with Crippen molar-refractivity contribution in [1.82, 2.24) is 25.1 Å². The number of benzene rings is 2. The Bertz CT molecular complexity index is 1580. The second-order valence-corrected chi connectivity index (χ2v) is 9.56. The van der Waals surface area contributed by atoms with Crippen LogP contribution in [0.15, 0.2) is 59.0 Å². The van der Waals surface area contributed by atoms with Crippen LogP contribution in [0.25, 0.3) is 26.9 Å². The number of carbonyl (C=O) groups is 1. The molecule has 0 aliphatic rings. The van der Waals surface area contributed by atoms with Gasteiger partial charge in [-0.2, -0.15) is 9.61 Å². The van der Waals surface area contributed by atoms with Crippen molar-refractivity contribution in [3.63, 3.8) is 0 Å². The fourth-order valence-corrected chi connectivity index (χ4v) is 4.91. The molecule has 5 rings (SSSR count). The van der Waals surface area contributed by atoms with E-state index in [9.17, 15) is 4.79 Å². The number of thiocarbonyl (C=S) groups is 1. The predicted molar refractivity (Wildman–Crippen MR) is 141 cm³/mol. The third kappa shape index (κ3) is 4.92. The highest BCUT2D eigenvalue weighted by Crippen LogP contribution is 2.31. The van der Waals surface area contributed by atoms with Gasteiger partial charge in [0.15, 0.2) is 16.7 Å². The molecule has 8 nitrogen and oxygen atoms in total. The van der Waals surface area contributed by atoms with Gasteiger partial charge < -0.3 is 9.73 Å². The summed E-state index contributed by atoms with van der Waals surface area (Å²) in [5.74, 6) is 0.853. The summed E-state index contributed by atoms with van der Waals surface area (Å²) in [4.78, 5) is 13.4. The van der Waals surface area contributed by atoms with Crippen LogP contribution >= 0.6 is 46.8 Å². The van der Waals surface area contributed by atoms with E-state index < -0.39 is 5.91 Å². The average molecular weight is 543 g/mol. The van der Waals surface area contributed by atoms with Crippen LogP contribution in [-0.2, 0) is 6.42 Å². The van der Waals surface area contributed by atoms with Crippen molar-refractivity contribution < 1.29 is 9.21 Å². The Labute approximate surface area is 218 Å². The van der Waals surface area contributed by atoms with Gasteiger partial charge in [-0.1, -0.05) is 53.6 Å². The second-order valence-electron chi connectivity index (χ2n) is 7.35. The Morgan fingerprint density at radius 2 is 2.00 bits per heavy atom. The van der Waals surface area contributed by atoms with Crippen LogP contribution in [0.5, 0.6) is 0 Å². The number of furan rings is 1. The summed E-state index contributed by atoms with van der Waals surface area (Å²) < 4.78 is 7.42. The number of rotatable bonds is 5. The molecule has 0 aliphatic heterocycles. The predicted octanol–water partition coefficient (Wildman–Crippen LogP) is 6.11. The largest absolute Gasteiger partial charge is 0.451 e. The third-order valence-corrected chi connectivity index (χ3v) is 6.69. The van der Waals surface area contributed by atoms with Crippen molar-refractivity contribution >= 4 is 68.4 Å². The average Bonchev–Trinajstić information content (AvgIpc) is 3.55. The number of fused-ring (bicyclic) bond motifs is 1. The summed E-state index contributed by atoms with van der Waals surface area (Å²) in [6.07, 6.45) is 0.740. The first-order chi connectivity index (χ1) is 16.9. The number of nitrogens with one attached hydrogen (secondary N) is 2. The molecule has 0 bridgehead atoms. The molecule has 0 fully saturated rings. The monoisotopic (exact) mass is 542 g/mol. The van der Waals surface area contributed by atoms with E-state index in [0.717, 1.165) is 27.8 Å². The molecule has 2 N–H and O–H groups in total. The molecule has 12 heteroatoms. The maximum Gasteiger partial charge on any atom is 0.293 e. The van der Waals surface area contributed by atoms with Crippen molar-refractivity contribution in [2.75, 3.05) is 5.32 Å². The van der Waals surface area contributed by atoms with Crippen LogP contribution in [0.2, 0.25) is 10.0 Å². The number of halogens is 2. The molecule has 0 aliphatic carbocycles. The summed E-state index contributed by atoms with van der Waals surface area (Å²) >= 11 is 18.9. The lowest BCUT2D eigenvalue weighted by Crippen LogP contribution is -2.33. The number of aromatic nitrogens is 4. The van der Waals surface area contributed by atoms with E-state index in [1.54, 1.807) is 34.8 Å². The van der Waals surface area contributed by atoms with Gasteiger partial charge in [0, 0.05) is 28.3 Å². The van der Waals surface area contributed by atoms with Gasteiger partial charge in [-0.3, -0.25) is 10.1 Å². The van der Waals surface area contributed by atoms with Crippen LogP contribution in [0.3, 0.4) is 0 Å². The summed E-state index contributed by atoms with van der Waals surface area (Å²) in [7, 11) is 0. The van der Waals surface area contributed by atoms with E-state index in [2.05, 4.69) is 25.9 Å². The molecule has 1 amide bonds. The van der Waals surface area contributed by atoms with Gasteiger partial charge in [0.2, 0.25) is 4.96 Å². The quantitative estimate of drug-likeness (QED) is 0.258. The van der Waals surface area contributed by atoms with Crippen LogP contribution < -0.4 is 10.6 Å². The molecule has 3 heterocycles. The van der Waals surface area contributed by atoms with Crippen molar-refractivity contribution in [3.8, 4) is 21.9 Å². The van der Waals surface area contributed by atoms with Gasteiger partial charge >= 0.3 is 0 Å². The summed E-state index contributed by atoms with van der Waals surface area (Å²) in [6, 6.07) is 15.8. The Morgan fingerprint density at radius 3 is 2.80 bits per heavy atom. The molecule has 0 spiro atoms. The minimum absolute atomic E-state index is 0.0929. The molecule has 35 heavy (non-hydrogen) atoms. The van der Waals surface area contributed by atoms with Crippen LogP contribution in [0.4, 0.5) is 5.69 Å². The lowest BCUT2D eigenvalue weighted by Gasteiger charge is -2.09. The molecule has 0 atom stereocenters. The molecule has 5 aromatic rings. The summed E-state index contributed by atoms with van der Waals surface area (Å²) in [6.45, 7) is 2.01. The van der Waals surface area contributed by atoms with Gasteiger partial charge in [0.25, 0.3) is 5.91 Å². The number of nitrogens with zero attached hydrogens (tertiary/aromatic N) is 4. The second kappa shape index (κ2) is 9.74. The minimum Gasteiger partial charge on any atom is -0.451 e. The first-order valence-electron chi connectivity index (χ1n) is 10.4. The zero-order valence-corrected chi connectivity index (χ0v) is 21.2. The lowest BCUT2D eigenvalue weighted by atomic mass is 10.2. The molecule has 0 unspecified atom stereocenters. The Balaban J connectivity index is 1.27. The Morgan fingerprint density at radius 1 is 1.14 bits per heavy atom. The highest BCUT2D eigenvalue weighted by Gasteiger charge is 2.16. The molecule has 2 aromatic carbocycles. The number of hydrogen-bond donors (Lipinski definition) is 2. The highest BCUT2D eigenvalue weighted by molar-refractivity contribution is 7.80. The first-order valence-corrected chi connectivity index (χ1v) is 12.4. The molecular weight excluding hydrogens is 527 g/mol. The maximum atomic E-state index is 12.6. The Kier molecular flexibility index (Phi) is 6.52. The highest BCUT2D eigenvalue weighted by atomic mass is 35.5. The number of amides is 1. The van der Waals surface area contributed by atoms with Gasteiger partial charge in [-0.05, 0) is 54.7 Å². The Hall–Kier alpha value is -3.31. The van der Waals surface area contributed by atoms with Crippen LogP contribution in [0, 0.1) is 0 Å². The zero-order valence-electron chi connectivity index (χ0n) is 18.1. The first kappa shape index (κ1) is 23.4. The minimum atomic E-state index is -0.490. The molecular formula is C23H16Cl2N6O2S2. The van der Waals surface area contributed by atoms with E-state index >= 15 is 0 Å².